The first-order valence-electron chi connectivity index (χ1n) is 11.1. The zero-order valence-electron chi connectivity index (χ0n) is 19.6. The summed E-state index contributed by atoms with van der Waals surface area (Å²) in [5.41, 5.74) is 1.55. The molecule has 3 aromatic heterocycles. The molecule has 5 rings (SSSR count). The Morgan fingerprint density at radius 3 is 2.60 bits per heavy atom. The zero-order chi connectivity index (χ0) is 24.5. The van der Waals surface area contributed by atoms with Gasteiger partial charge in [-0.1, -0.05) is 0 Å². The molecule has 1 aliphatic rings. The van der Waals surface area contributed by atoms with Crippen molar-refractivity contribution < 1.29 is 24.4 Å². The van der Waals surface area contributed by atoms with Crippen molar-refractivity contribution in [1.82, 2.24) is 24.1 Å². The molecule has 12 nitrogen and oxygen atoms in total. The molecule has 184 valence electrons. The van der Waals surface area contributed by atoms with E-state index < -0.39 is 6.10 Å². The molecule has 3 N–H and O–H groups in total. The lowest BCUT2D eigenvalue weighted by Crippen LogP contribution is -2.33. The van der Waals surface area contributed by atoms with E-state index in [2.05, 4.69) is 15.4 Å². The summed E-state index contributed by atoms with van der Waals surface area (Å²) >= 11 is 0. The summed E-state index contributed by atoms with van der Waals surface area (Å²) in [4.78, 5) is 11.1. The first-order valence-corrected chi connectivity index (χ1v) is 11.1. The second-order valence-electron chi connectivity index (χ2n) is 8.15. The topological polar surface area (TPSA) is 131 Å². The van der Waals surface area contributed by atoms with E-state index in [1.165, 1.54) is 0 Å². The van der Waals surface area contributed by atoms with Crippen LogP contribution in [0.5, 0.6) is 17.2 Å². The highest BCUT2D eigenvalue weighted by atomic mass is 16.5. The fourth-order valence-electron chi connectivity index (χ4n) is 4.37. The number of hydrogen-bond acceptors (Lipinski definition) is 10. The third-order valence-electron chi connectivity index (χ3n) is 6.02. The number of anilines is 3. The van der Waals surface area contributed by atoms with Gasteiger partial charge in [0.05, 0.1) is 52.0 Å². The Balaban J connectivity index is 1.46. The van der Waals surface area contributed by atoms with Crippen LogP contribution >= 0.6 is 0 Å². The number of aliphatic hydroxyl groups is 2. The van der Waals surface area contributed by atoms with Gasteiger partial charge < -0.3 is 39.2 Å². The van der Waals surface area contributed by atoms with E-state index >= 15 is 0 Å². The second kappa shape index (κ2) is 9.31. The number of ether oxygens (including phenoxy) is 3. The predicted octanol–water partition coefficient (Wildman–Crippen LogP) is 1.62. The number of β-amino-alcohol motifs (C(OH)–C–C–N with tert-alkyl or cyclic N) is 1. The largest absolute Gasteiger partial charge is 0.493 e. The number of nitrogens with zero attached hydrogens (tertiary/aromatic N) is 6. The number of hydrogen-bond donors (Lipinski definition) is 3. The van der Waals surface area contributed by atoms with Gasteiger partial charge in [-0.25, -0.2) is 9.50 Å². The molecule has 12 heteroatoms. The van der Waals surface area contributed by atoms with Gasteiger partial charge in [-0.2, -0.15) is 4.98 Å². The van der Waals surface area contributed by atoms with E-state index in [1.54, 1.807) is 42.9 Å². The molecule has 0 aliphatic carbocycles. The van der Waals surface area contributed by atoms with Crippen molar-refractivity contribution in [2.24, 2.45) is 0 Å². The molecule has 4 aromatic rings. The van der Waals surface area contributed by atoms with Crippen LogP contribution in [0.25, 0.3) is 11.2 Å². The minimum absolute atomic E-state index is 0.0735. The van der Waals surface area contributed by atoms with Crippen LogP contribution in [0.4, 0.5) is 17.6 Å². The van der Waals surface area contributed by atoms with E-state index in [0.717, 1.165) is 11.2 Å². The Hall–Kier alpha value is -4.03. The van der Waals surface area contributed by atoms with Gasteiger partial charge in [-0.05, 0) is 18.6 Å². The van der Waals surface area contributed by atoms with Crippen LogP contribution in [-0.2, 0) is 0 Å². The quantitative estimate of drug-likeness (QED) is 0.341. The van der Waals surface area contributed by atoms with E-state index in [9.17, 15) is 10.2 Å². The van der Waals surface area contributed by atoms with Crippen molar-refractivity contribution in [3.8, 4) is 22.9 Å². The van der Waals surface area contributed by atoms with Crippen molar-refractivity contribution in [1.29, 1.82) is 0 Å². The summed E-state index contributed by atoms with van der Waals surface area (Å²) in [7, 11) is 4.69. The maximum absolute atomic E-state index is 10.2. The molecule has 1 fully saturated rings. The lowest BCUT2D eigenvalue weighted by atomic mass is 10.2. The van der Waals surface area contributed by atoms with Crippen LogP contribution < -0.4 is 24.4 Å². The Labute approximate surface area is 201 Å². The van der Waals surface area contributed by atoms with Crippen molar-refractivity contribution in [2.75, 3.05) is 44.7 Å². The van der Waals surface area contributed by atoms with Gasteiger partial charge in [0.2, 0.25) is 11.7 Å². The molecular formula is C23H27N7O5. The summed E-state index contributed by atoms with van der Waals surface area (Å²) < 4.78 is 19.8. The van der Waals surface area contributed by atoms with Gasteiger partial charge in [0.25, 0.3) is 0 Å². The molecule has 1 aromatic carbocycles. The Morgan fingerprint density at radius 2 is 1.91 bits per heavy atom. The molecule has 0 unspecified atom stereocenters. The number of aromatic nitrogens is 5. The normalized spacial score (nSPS) is 17.7. The number of aliphatic hydroxyl groups excluding tert-OH is 2. The van der Waals surface area contributed by atoms with Gasteiger partial charge in [-0.3, -0.25) is 0 Å². The zero-order valence-corrected chi connectivity index (χ0v) is 19.6. The van der Waals surface area contributed by atoms with E-state index in [1.807, 2.05) is 35.4 Å². The molecule has 0 spiro atoms. The highest BCUT2D eigenvalue weighted by Crippen LogP contribution is 2.39. The smallest absolute Gasteiger partial charge is 0.248 e. The van der Waals surface area contributed by atoms with Crippen molar-refractivity contribution in [3.63, 3.8) is 0 Å². The van der Waals surface area contributed by atoms with Crippen molar-refractivity contribution in [3.05, 3.63) is 43.0 Å². The van der Waals surface area contributed by atoms with Crippen molar-refractivity contribution in [2.45, 2.75) is 18.6 Å². The molecule has 0 radical (unpaired) electrons. The first kappa shape index (κ1) is 22.7. The molecule has 2 atom stereocenters. The molecule has 0 amide bonds. The number of nitrogens with one attached hydrogen (secondary N) is 1. The SMILES string of the molecule is COc1cc(-n2cnc(Nc3nc(N4C[C@H](O)C[C@H]4CO)c4cccn4n3)c2)cc(OC)c1OC. The highest BCUT2D eigenvalue weighted by molar-refractivity contribution is 5.71. The Kier molecular flexibility index (Phi) is 6.05. The number of rotatable bonds is 8. The summed E-state index contributed by atoms with van der Waals surface area (Å²) in [5.74, 6) is 3.05. The fraction of sp³-hybridized carbons (Fsp3) is 0.348. The summed E-state index contributed by atoms with van der Waals surface area (Å²) in [6.07, 6.45) is 5.22. The predicted molar refractivity (Wildman–Crippen MR) is 128 cm³/mol. The molecular weight excluding hydrogens is 454 g/mol. The second-order valence-corrected chi connectivity index (χ2v) is 8.15. The highest BCUT2D eigenvalue weighted by Gasteiger charge is 2.33. The van der Waals surface area contributed by atoms with Gasteiger partial charge in [0.1, 0.15) is 11.8 Å². The monoisotopic (exact) mass is 481 g/mol. The number of methoxy groups -OCH3 is 3. The third kappa shape index (κ3) is 4.17. The maximum atomic E-state index is 10.2. The molecule has 1 saturated heterocycles. The van der Waals surface area contributed by atoms with Crippen LogP contribution in [0.3, 0.4) is 0 Å². The average Bonchev–Trinajstić information content (AvgIpc) is 3.62. The fourth-order valence-corrected chi connectivity index (χ4v) is 4.37. The van der Waals surface area contributed by atoms with Gasteiger partial charge >= 0.3 is 0 Å². The number of imidazole rings is 1. The van der Waals surface area contributed by atoms with Crippen LogP contribution in [0.15, 0.2) is 43.0 Å². The molecule has 0 saturated carbocycles. The van der Waals surface area contributed by atoms with Crippen LogP contribution in [0.1, 0.15) is 6.42 Å². The first-order chi connectivity index (χ1) is 17.0. The van der Waals surface area contributed by atoms with E-state index in [4.69, 9.17) is 19.2 Å². The van der Waals surface area contributed by atoms with E-state index in [0.29, 0.717) is 47.8 Å². The Bertz CT molecular complexity index is 1310. The van der Waals surface area contributed by atoms with E-state index in [-0.39, 0.29) is 12.6 Å². The van der Waals surface area contributed by atoms with Gasteiger partial charge in [0.15, 0.2) is 23.1 Å². The lowest BCUT2D eigenvalue weighted by molar-refractivity contribution is 0.184. The standard InChI is InChI=1S/C23H27N7O5/c1-33-18-8-14(9-19(34-2)21(18)35-3)28-11-20(24-13-28)25-23-26-22(17-5-4-6-30(17)27-23)29-10-16(32)7-15(29)12-31/h4-6,8-9,11,13,15-16,31-32H,7,10,12H2,1-3H3,(H,25,27)/t15-,16+/m0/s1. The average molecular weight is 482 g/mol. The summed E-state index contributed by atoms with van der Waals surface area (Å²) in [6.45, 7) is 0.314. The Morgan fingerprint density at radius 1 is 1.14 bits per heavy atom. The minimum atomic E-state index is -0.525. The lowest BCUT2D eigenvalue weighted by Gasteiger charge is -2.24. The van der Waals surface area contributed by atoms with Crippen LogP contribution in [0.2, 0.25) is 0 Å². The van der Waals surface area contributed by atoms with Gasteiger partial charge in [-0.15, -0.1) is 5.10 Å². The van der Waals surface area contributed by atoms with Gasteiger partial charge in [0, 0.05) is 24.9 Å². The number of benzene rings is 1. The van der Waals surface area contributed by atoms with Crippen LogP contribution in [-0.4, -0.2) is 81.0 Å². The summed E-state index contributed by atoms with van der Waals surface area (Å²) in [6, 6.07) is 7.20. The van der Waals surface area contributed by atoms with Crippen LogP contribution in [0, 0.1) is 0 Å². The molecule has 35 heavy (non-hydrogen) atoms. The molecule has 4 heterocycles. The number of fused-ring (bicyclic) bond motifs is 1. The van der Waals surface area contributed by atoms with Crippen molar-refractivity contribution >= 4 is 23.1 Å². The minimum Gasteiger partial charge on any atom is -0.493 e. The molecule has 1 aliphatic heterocycles. The third-order valence-corrected chi connectivity index (χ3v) is 6.02. The molecule has 0 bridgehead atoms. The maximum Gasteiger partial charge on any atom is 0.248 e. The summed E-state index contributed by atoms with van der Waals surface area (Å²) in [5, 5.41) is 27.6.